The summed E-state index contributed by atoms with van der Waals surface area (Å²) < 4.78 is 64.9. The van der Waals surface area contributed by atoms with Crippen molar-refractivity contribution < 1.29 is 46.2 Å². The van der Waals surface area contributed by atoms with Crippen molar-refractivity contribution in [2.45, 2.75) is 59.0 Å². The minimum atomic E-state index is -3.79. The molecule has 6 nitrogen and oxygen atoms in total. The summed E-state index contributed by atoms with van der Waals surface area (Å²) in [6.45, 7) is 4.09. The molecule has 0 spiro atoms. The second kappa shape index (κ2) is 9.72. The van der Waals surface area contributed by atoms with Crippen LogP contribution in [-0.2, 0) is 28.6 Å². The van der Waals surface area contributed by atoms with Gasteiger partial charge in [0.1, 0.15) is 13.2 Å². The number of ether oxygens (including phenoxy) is 3. The second-order valence-corrected chi connectivity index (χ2v) is 6.29. The Hall–Kier alpha value is -1.87. The van der Waals surface area contributed by atoms with E-state index < -0.39 is 55.0 Å². The van der Waals surface area contributed by atoms with Gasteiger partial charge in [0.15, 0.2) is 6.10 Å². The maximum atomic E-state index is 12.8. The zero-order valence-electron chi connectivity index (χ0n) is 15.3. The quantitative estimate of drug-likeness (QED) is 0.325. The standard InChI is InChI=1S/C16H24F4O6/c1-6-11(9(2)3)12(21)26-10(7-24-13(22)15(4,17)18)8-25-14(23)16(5,19)20/h9-11H,6-8H2,1-5H3. The van der Waals surface area contributed by atoms with Crippen molar-refractivity contribution in [3.05, 3.63) is 0 Å². The lowest BCUT2D eigenvalue weighted by Crippen LogP contribution is -2.38. The van der Waals surface area contributed by atoms with Gasteiger partial charge in [-0.1, -0.05) is 20.8 Å². The minimum absolute atomic E-state index is 0.113. The molecule has 0 fully saturated rings. The Morgan fingerprint density at radius 1 is 0.885 bits per heavy atom. The Kier molecular flexibility index (Phi) is 9.03. The monoisotopic (exact) mass is 388 g/mol. The fraction of sp³-hybridized carbons (Fsp3) is 0.812. The molecule has 0 saturated heterocycles. The third-order valence-corrected chi connectivity index (χ3v) is 3.35. The largest absolute Gasteiger partial charge is 0.457 e. The highest BCUT2D eigenvalue weighted by Crippen LogP contribution is 2.19. The van der Waals surface area contributed by atoms with Gasteiger partial charge >= 0.3 is 29.8 Å². The summed E-state index contributed by atoms with van der Waals surface area (Å²) >= 11 is 0. The van der Waals surface area contributed by atoms with Crippen LogP contribution >= 0.6 is 0 Å². The molecular formula is C16H24F4O6. The average Bonchev–Trinajstić information content (AvgIpc) is 2.47. The highest BCUT2D eigenvalue weighted by molar-refractivity contribution is 5.77. The molecule has 0 saturated carbocycles. The van der Waals surface area contributed by atoms with E-state index in [-0.39, 0.29) is 5.92 Å². The lowest BCUT2D eigenvalue weighted by atomic mass is 9.93. The Bertz CT molecular complexity index is 466. The van der Waals surface area contributed by atoms with E-state index in [0.29, 0.717) is 20.3 Å². The summed E-state index contributed by atoms with van der Waals surface area (Å²) in [4.78, 5) is 34.3. The van der Waals surface area contributed by atoms with Crippen LogP contribution in [0.4, 0.5) is 17.6 Å². The van der Waals surface area contributed by atoms with E-state index in [1.807, 2.05) is 0 Å². The summed E-state index contributed by atoms with van der Waals surface area (Å²) in [6, 6.07) is 0. The molecule has 0 bridgehead atoms. The van der Waals surface area contributed by atoms with Crippen molar-refractivity contribution in [1.29, 1.82) is 0 Å². The van der Waals surface area contributed by atoms with Crippen LogP contribution in [0.3, 0.4) is 0 Å². The topological polar surface area (TPSA) is 78.9 Å². The molecule has 0 amide bonds. The predicted molar refractivity (Wildman–Crippen MR) is 81.7 cm³/mol. The van der Waals surface area contributed by atoms with E-state index in [0.717, 1.165) is 0 Å². The lowest BCUT2D eigenvalue weighted by Gasteiger charge is -2.23. The first-order valence-corrected chi connectivity index (χ1v) is 8.00. The fourth-order valence-corrected chi connectivity index (χ4v) is 1.87. The highest BCUT2D eigenvalue weighted by atomic mass is 19.3. The average molecular weight is 388 g/mol. The van der Waals surface area contributed by atoms with Crippen LogP contribution in [0.15, 0.2) is 0 Å². The van der Waals surface area contributed by atoms with Gasteiger partial charge in [-0.2, -0.15) is 17.6 Å². The van der Waals surface area contributed by atoms with E-state index in [1.54, 1.807) is 20.8 Å². The summed E-state index contributed by atoms with van der Waals surface area (Å²) in [5.41, 5.74) is 0. The van der Waals surface area contributed by atoms with Gasteiger partial charge in [0.25, 0.3) is 0 Å². The number of hydrogen-bond acceptors (Lipinski definition) is 6. The molecule has 10 heteroatoms. The molecule has 0 aromatic carbocycles. The van der Waals surface area contributed by atoms with Crippen LogP contribution in [-0.4, -0.2) is 49.1 Å². The number of carbonyl (C=O) groups is 3. The number of halogens is 4. The summed E-state index contributed by atoms with van der Waals surface area (Å²) in [5.74, 6) is -12.8. The van der Waals surface area contributed by atoms with Crippen molar-refractivity contribution >= 4 is 17.9 Å². The van der Waals surface area contributed by atoms with E-state index in [1.165, 1.54) is 0 Å². The first kappa shape index (κ1) is 24.1. The minimum Gasteiger partial charge on any atom is -0.457 e. The second-order valence-electron chi connectivity index (χ2n) is 6.29. The SMILES string of the molecule is CCC(C(=O)OC(COC(=O)C(C)(F)F)COC(=O)C(C)(F)F)C(C)C. The van der Waals surface area contributed by atoms with Crippen molar-refractivity contribution in [2.24, 2.45) is 11.8 Å². The molecule has 0 aromatic rings. The number of carbonyl (C=O) groups excluding carboxylic acids is 3. The molecule has 0 aliphatic rings. The molecule has 0 aliphatic carbocycles. The number of rotatable bonds is 10. The van der Waals surface area contributed by atoms with Gasteiger partial charge in [-0.15, -0.1) is 0 Å². The zero-order valence-corrected chi connectivity index (χ0v) is 15.3. The van der Waals surface area contributed by atoms with Gasteiger partial charge < -0.3 is 14.2 Å². The Balaban J connectivity index is 5.01. The summed E-state index contributed by atoms with van der Waals surface area (Å²) in [7, 11) is 0. The number of esters is 3. The van der Waals surface area contributed by atoms with Gasteiger partial charge in [0, 0.05) is 13.8 Å². The van der Waals surface area contributed by atoms with Crippen LogP contribution in [0.1, 0.15) is 41.0 Å². The molecule has 0 aliphatic heterocycles. The summed E-state index contributed by atoms with van der Waals surface area (Å²) in [6.07, 6.45) is -1.09. The molecule has 1 unspecified atom stereocenters. The van der Waals surface area contributed by atoms with Gasteiger partial charge in [-0.25, -0.2) is 9.59 Å². The highest BCUT2D eigenvalue weighted by Gasteiger charge is 2.37. The molecule has 0 rings (SSSR count). The smallest absolute Gasteiger partial charge is 0.376 e. The molecular weight excluding hydrogens is 364 g/mol. The van der Waals surface area contributed by atoms with Crippen molar-refractivity contribution in [3.8, 4) is 0 Å². The maximum Gasteiger partial charge on any atom is 0.376 e. The Morgan fingerprint density at radius 2 is 1.27 bits per heavy atom. The first-order valence-electron chi connectivity index (χ1n) is 8.00. The van der Waals surface area contributed by atoms with Crippen LogP contribution in [0.25, 0.3) is 0 Å². The third-order valence-electron chi connectivity index (χ3n) is 3.35. The van der Waals surface area contributed by atoms with Crippen molar-refractivity contribution in [1.82, 2.24) is 0 Å². The van der Waals surface area contributed by atoms with Crippen molar-refractivity contribution in [2.75, 3.05) is 13.2 Å². The normalized spacial score (nSPS) is 13.5. The summed E-state index contributed by atoms with van der Waals surface area (Å²) in [5, 5.41) is 0. The van der Waals surface area contributed by atoms with Gasteiger partial charge in [0.2, 0.25) is 0 Å². The van der Waals surface area contributed by atoms with Gasteiger partial charge in [-0.3, -0.25) is 4.79 Å². The molecule has 1 atom stereocenters. The maximum absolute atomic E-state index is 12.8. The fourth-order valence-electron chi connectivity index (χ4n) is 1.87. The molecule has 26 heavy (non-hydrogen) atoms. The molecule has 0 N–H and O–H groups in total. The molecule has 152 valence electrons. The van der Waals surface area contributed by atoms with Crippen LogP contribution in [0, 0.1) is 11.8 Å². The van der Waals surface area contributed by atoms with E-state index in [9.17, 15) is 31.9 Å². The van der Waals surface area contributed by atoms with E-state index >= 15 is 0 Å². The van der Waals surface area contributed by atoms with E-state index in [2.05, 4.69) is 9.47 Å². The first-order chi connectivity index (χ1) is 11.7. The Labute approximate surface area is 149 Å². The van der Waals surface area contributed by atoms with E-state index in [4.69, 9.17) is 4.74 Å². The Morgan fingerprint density at radius 3 is 1.54 bits per heavy atom. The van der Waals surface area contributed by atoms with Crippen LogP contribution < -0.4 is 0 Å². The van der Waals surface area contributed by atoms with Gasteiger partial charge in [0.05, 0.1) is 5.92 Å². The predicted octanol–water partition coefficient (Wildman–Crippen LogP) is 2.98. The van der Waals surface area contributed by atoms with Gasteiger partial charge in [-0.05, 0) is 12.3 Å². The van der Waals surface area contributed by atoms with Crippen LogP contribution in [0.5, 0.6) is 0 Å². The zero-order chi connectivity index (χ0) is 20.7. The molecule has 0 aromatic heterocycles. The molecule has 0 heterocycles. The lowest BCUT2D eigenvalue weighted by molar-refractivity contribution is -0.185. The molecule has 0 radical (unpaired) electrons. The number of alkyl halides is 4. The number of hydrogen-bond donors (Lipinski definition) is 0. The van der Waals surface area contributed by atoms with Crippen LogP contribution in [0.2, 0.25) is 0 Å². The van der Waals surface area contributed by atoms with Crippen molar-refractivity contribution in [3.63, 3.8) is 0 Å². The third kappa shape index (κ3) is 8.48.